The third kappa shape index (κ3) is 3.68. The molecule has 0 N–H and O–H groups in total. The number of rotatable bonds is 4. The maximum absolute atomic E-state index is 5.42. The zero-order chi connectivity index (χ0) is 16.2. The third-order valence-electron chi connectivity index (χ3n) is 4.66. The van der Waals surface area contributed by atoms with Gasteiger partial charge >= 0.3 is 0 Å². The molecule has 0 spiro atoms. The van der Waals surface area contributed by atoms with Crippen molar-refractivity contribution in [2.75, 3.05) is 62.3 Å². The summed E-state index contributed by atoms with van der Waals surface area (Å²) in [5.74, 6) is 2.06. The topological polar surface area (TPSA) is 44.7 Å². The molecule has 0 saturated carbocycles. The summed E-state index contributed by atoms with van der Waals surface area (Å²) in [6.45, 7) is 8.62. The molecule has 2 fully saturated rings. The lowest BCUT2D eigenvalue weighted by Crippen LogP contribution is -2.46. The average Bonchev–Trinajstić information content (AvgIpc) is 3.16. The van der Waals surface area contributed by atoms with E-state index in [4.69, 9.17) is 4.74 Å². The molecule has 0 aliphatic carbocycles. The summed E-state index contributed by atoms with van der Waals surface area (Å²) in [5.41, 5.74) is 1.42. The summed E-state index contributed by atoms with van der Waals surface area (Å²) < 4.78 is 5.42. The first-order valence-corrected chi connectivity index (χ1v) is 9.46. The molecule has 0 atom stereocenters. The van der Waals surface area contributed by atoms with Crippen molar-refractivity contribution in [3.63, 3.8) is 0 Å². The molecule has 7 heteroatoms. The number of anilines is 2. The zero-order valence-corrected chi connectivity index (χ0v) is 14.6. The molecule has 2 saturated heterocycles. The number of hydrogen-bond acceptors (Lipinski definition) is 7. The first kappa shape index (κ1) is 15.8. The van der Waals surface area contributed by atoms with Gasteiger partial charge in [-0.05, 0) is 22.4 Å². The second-order valence-corrected chi connectivity index (χ2v) is 7.01. The van der Waals surface area contributed by atoms with Gasteiger partial charge in [-0.15, -0.1) is 0 Å². The molecule has 2 aliphatic rings. The Hall–Kier alpha value is -1.70. The number of nitrogens with zero attached hydrogens (tertiary/aromatic N) is 5. The van der Waals surface area contributed by atoms with E-state index in [0.717, 1.165) is 70.7 Å². The molecule has 2 aromatic rings. The van der Waals surface area contributed by atoms with Crippen LogP contribution in [0.5, 0.6) is 0 Å². The SMILES string of the molecule is c1nc(N2CCOCC2)cc(N2CCN(Cc3ccsc3)CC2)n1. The standard InChI is InChI=1S/C17H23N5OS/c1-10-24-13-15(1)12-20-2-4-21(5-3-20)16-11-17(19-14-18-16)22-6-8-23-9-7-22/h1,10-11,13-14H,2-9,12H2. The van der Waals surface area contributed by atoms with Gasteiger partial charge in [-0.2, -0.15) is 11.3 Å². The minimum atomic E-state index is 0.778. The van der Waals surface area contributed by atoms with Gasteiger partial charge in [0.05, 0.1) is 13.2 Å². The highest BCUT2D eigenvalue weighted by Crippen LogP contribution is 2.20. The van der Waals surface area contributed by atoms with Crippen LogP contribution in [-0.2, 0) is 11.3 Å². The van der Waals surface area contributed by atoms with Crippen LogP contribution in [0.2, 0.25) is 0 Å². The van der Waals surface area contributed by atoms with Gasteiger partial charge in [-0.3, -0.25) is 4.90 Å². The van der Waals surface area contributed by atoms with Crippen LogP contribution in [0.4, 0.5) is 11.6 Å². The molecule has 4 heterocycles. The highest BCUT2D eigenvalue weighted by molar-refractivity contribution is 7.07. The number of hydrogen-bond donors (Lipinski definition) is 0. The molecule has 0 aromatic carbocycles. The summed E-state index contributed by atoms with van der Waals surface area (Å²) >= 11 is 1.77. The molecule has 0 unspecified atom stereocenters. The summed E-state index contributed by atoms with van der Waals surface area (Å²) in [6.07, 6.45) is 1.69. The predicted molar refractivity (Wildman–Crippen MR) is 96.9 cm³/mol. The van der Waals surface area contributed by atoms with Crippen LogP contribution < -0.4 is 9.80 Å². The maximum Gasteiger partial charge on any atom is 0.134 e. The molecule has 0 amide bonds. The number of ether oxygens (including phenoxy) is 1. The van der Waals surface area contributed by atoms with Crippen molar-refractivity contribution in [1.29, 1.82) is 0 Å². The van der Waals surface area contributed by atoms with Gasteiger partial charge in [0, 0.05) is 51.9 Å². The number of aromatic nitrogens is 2. The maximum atomic E-state index is 5.42. The van der Waals surface area contributed by atoms with E-state index >= 15 is 0 Å². The van der Waals surface area contributed by atoms with Crippen LogP contribution in [-0.4, -0.2) is 67.4 Å². The lowest BCUT2D eigenvalue weighted by atomic mass is 10.2. The minimum absolute atomic E-state index is 0.778. The second kappa shape index (κ2) is 7.46. The average molecular weight is 345 g/mol. The fraction of sp³-hybridized carbons (Fsp3) is 0.529. The van der Waals surface area contributed by atoms with Crippen molar-refractivity contribution in [3.8, 4) is 0 Å². The molecule has 0 bridgehead atoms. The van der Waals surface area contributed by atoms with Gasteiger partial charge < -0.3 is 14.5 Å². The monoisotopic (exact) mass is 345 g/mol. The smallest absolute Gasteiger partial charge is 0.134 e. The quantitative estimate of drug-likeness (QED) is 0.840. The first-order valence-electron chi connectivity index (χ1n) is 8.51. The van der Waals surface area contributed by atoms with Crippen molar-refractivity contribution < 1.29 is 4.74 Å². The summed E-state index contributed by atoms with van der Waals surface area (Å²) in [7, 11) is 0. The Bertz CT molecular complexity index is 636. The lowest BCUT2D eigenvalue weighted by molar-refractivity contribution is 0.122. The van der Waals surface area contributed by atoms with Gasteiger partial charge in [0.1, 0.15) is 18.0 Å². The van der Waals surface area contributed by atoms with Crippen LogP contribution in [0.1, 0.15) is 5.56 Å². The zero-order valence-electron chi connectivity index (χ0n) is 13.8. The Balaban J connectivity index is 1.36. The van der Waals surface area contributed by atoms with Gasteiger partial charge in [-0.25, -0.2) is 9.97 Å². The molecular weight excluding hydrogens is 322 g/mol. The summed E-state index contributed by atoms with van der Waals surface area (Å²) in [6, 6.07) is 4.34. The van der Waals surface area contributed by atoms with E-state index in [9.17, 15) is 0 Å². The van der Waals surface area contributed by atoms with Crippen LogP contribution in [0.3, 0.4) is 0 Å². The summed E-state index contributed by atoms with van der Waals surface area (Å²) in [5, 5.41) is 4.39. The van der Waals surface area contributed by atoms with Gasteiger partial charge in [0.15, 0.2) is 0 Å². The Labute approximate surface area is 146 Å². The third-order valence-corrected chi connectivity index (χ3v) is 5.39. The van der Waals surface area contributed by atoms with Crippen LogP contribution in [0.15, 0.2) is 29.2 Å². The van der Waals surface area contributed by atoms with Gasteiger partial charge in [-0.1, -0.05) is 0 Å². The molecule has 128 valence electrons. The Morgan fingerprint density at radius 1 is 0.958 bits per heavy atom. The predicted octanol–water partition coefficient (Wildman–Crippen LogP) is 1.70. The van der Waals surface area contributed by atoms with E-state index in [1.54, 1.807) is 17.7 Å². The molecule has 0 radical (unpaired) electrons. The summed E-state index contributed by atoms with van der Waals surface area (Å²) in [4.78, 5) is 16.1. The van der Waals surface area contributed by atoms with Gasteiger partial charge in [0.2, 0.25) is 0 Å². The largest absolute Gasteiger partial charge is 0.378 e. The minimum Gasteiger partial charge on any atom is -0.378 e. The van der Waals surface area contributed by atoms with Crippen LogP contribution >= 0.6 is 11.3 Å². The Morgan fingerprint density at radius 3 is 2.33 bits per heavy atom. The highest BCUT2D eigenvalue weighted by Gasteiger charge is 2.20. The molecule has 2 aromatic heterocycles. The van der Waals surface area contributed by atoms with Crippen molar-refractivity contribution >= 4 is 23.0 Å². The van der Waals surface area contributed by atoms with E-state index in [0.29, 0.717) is 0 Å². The van der Waals surface area contributed by atoms with E-state index in [-0.39, 0.29) is 0 Å². The van der Waals surface area contributed by atoms with Crippen molar-refractivity contribution in [3.05, 3.63) is 34.8 Å². The van der Waals surface area contributed by atoms with E-state index in [1.807, 2.05) is 0 Å². The normalized spacial score (nSPS) is 19.7. The Morgan fingerprint density at radius 2 is 1.67 bits per heavy atom. The molecule has 6 nitrogen and oxygen atoms in total. The van der Waals surface area contributed by atoms with Crippen molar-refractivity contribution in [2.24, 2.45) is 0 Å². The Kier molecular flexibility index (Phi) is 4.91. The van der Waals surface area contributed by atoms with Crippen molar-refractivity contribution in [2.45, 2.75) is 6.54 Å². The van der Waals surface area contributed by atoms with E-state index in [2.05, 4.69) is 47.6 Å². The fourth-order valence-electron chi connectivity index (χ4n) is 3.25. The van der Waals surface area contributed by atoms with E-state index < -0.39 is 0 Å². The molecule has 4 rings (SSSR count). The molecule has 24 heavy (non-hydrogen) atoms. The fourth-order valence-corrected chi connectivity index (χ4v) is 3.91. The van der Waals surface area contributed by atoms with Crippen LogP contribution in [0.25, 0.3) is 0 Å². The van der Waals surface area contributed by atoms with Crippen LogP contribution in [0, 0.1) is 0 Å². The van der Waals surface area contributed by atoms with Gasteiger partial charge in [0.25, 0.3) is 0 Å². The molecular formula is C17H23N5OS. The number of piperazine rings is 1. The molecule has 2 aliphatic heterocycles. The first-order chi connectivity index (χ1) is 11.9. The lowest BCUT2D eigenvalue weighted by Gasteiger charge is -2.35. The highest BCUT2D eigenvalue weighted by atomic mass is 32.1. The number of thiophene rings is 1. The number of morpholine rings is 1. The second-order valence-electron chi connectivity index (χ2n) is 6.23. The van der Waals surface area contributed by atoms with E-state index in [1.165, 1.54) is 5.56 Å². The van der Waals surface area contributed by atoms with Crippen molar-refractivity contribution in [1.82, 2.24) is 14.9 Å².